The predicted molar refractivity (Wildman–Crippen MR) is 120 cm³/mol. The second kappa shape index (κ2) is 6.81. The third kappa shape index (κ3) is 3.08. The van der Waals surface area contributed by atoms with Gasteiger partial charge in [0.1, 0.15) is 0 Å². The number of rotatable bonds is 4. The summed E-state index contributed by atoms with van der Waals surface area (Å²) < 4.78 is 0. The lowest BCUT2D eigenvalue weighted by Gasteiger charge is -2.21. The van der Waals surface area contributed by atoms with E-state index in [1.807, 2.05) is 6.07 Å². The fraction of sp³-hybridized carbons (Fsp3) is 0.0417. The molecule has 0 aliphatic heterocycles. The molecular weight excluding hydrogens is 377 g/mol. The molecule has 148 valence electrons. The number of carbonyl (C=O) groups is 1. The largest absolute Gasteiger partial charge is 0.556 e. The molecule has 5 nitrogen and oxygen atoms in total. The molecule has 5 aromatic carbocycles. The molecule has 0 heterocycles. The van der Waals surface area contributed by atoms with E-state index < -0.39 is 6.75 Å². The van der Waals surface area contributed by atoms with Gasteiger partial charge >= 0.3 is 6.75 Å². The van der Waals surface area contributed by atoms with E-state index in [4.69, 9.17) is 0 Å². The minimum Gasteiger partial charge on any atom is -0.556 e. The van der Waals surface area contributed by atoms with Gasteiger partial charge in [-0.25, -0.2) is 0 Å². The van der Waals surface area contributed by atoms with Gasteiger partial charge < -0.3 is 20.4 Å². The lowest BCUT2D eigenvalue weighted by atomic mass is 9.71. The van der Waals surface area contributed by atoms with Gasteiger partial charge in [-0.05, 0) is 37.9 Å². The fourth-order valence-electron chi connectivity index (χ4n) is 4.12. The topological polar surface area (TPSA) is 89.8 Å². The molecule has 5 rings (SSSR count). The Morgan fingerprint density at radius 3 is 2.00 bits per heavy atom. The number of benzene rings is 5. The second-order valence-corrected chi connectivity index (χ2v) is 7.62. The molecule has 5 aromatic rings. The summed E-state index contributed by atoms with van der Waals surface area (Å²) in [6, 6.07) is 24.4. The average Bonchev–Trinajstić information content (AvgIpc) is 2.75. The van der Waals surface area contributed by atoms with E-state index in [0.717, 1.165) is 10.9 Å². The van der Waals surface area contributed by atoms with E-state index in [0.29, 0.717) is 12.1 Å². The standard InChI is InChI=1S/C24H19BNO4/c27-24(18-8-11-20(12-9-18)25(28,29)30)26-14-19-7-6-17-5-4-15-2-1-3-16-10-13-21(19)23(17)22(15)16/h1-13,28-30H,14H2,(H,26,27)/q-1. The van der Waals surface area contributed by atoms with Gasteiger partial charge in [0.25, 0.3) is 5.91 Å². The van der Waals surface area contributed by atoms with Crippen LogP contribution in [0.15, 0.2) is 78.9 Å². The lowest BCUT2D eigenvalue weighted by molar-refractivity contribution is 0.0951. The highest BCUT2D eigenvalue weighted by molar-refractivity contribution is 6.71. The zero-order chi connectivity index (χ0) is 20.9. The van der Waals surface area contributed by atoms with Gasteiger partial charge in [0.15, 0.2) is 0 Å². The molecule has 0 unspecified atom stereocenters. The van der Waals surface area contributed by atoms with Gasteiger partial charge in [-0.2, -0.15) is 0 Å². The van der Waals surface area contributed by atoms with E-state index in [2.05, 4.69) is 53.8 Å². The van der Waals surface area contributed by atoms with Crippen LogP contribution in [0.3, 0.4) is 0 Å². The molecule has 0 aromatic heterocycles. The highest BCUT2D eigenvalue weighted by atomic mass is 16.5. The number of hydrogen-bond acceptors (Lipinski definition) is 4. The van der Waals surface area contributed by atoms with Crippen molar-refractivity contribution in [3.63, 3.8) is 0 Å². The van der Waals surface area contributed by atoms with Crippen molar-refractivity contribution in [3.05, 3.63) is 90.0 Å². The molecule has 0 aliphatic rings. The Balaban J connectivity index is 1.46. The molecule has 0 atom stereocenters. The average molecular weight is 396 g/mol. The predicted octanol–water partition coefficient (Wildman–Crippen LogP) is 2.64. The Morgan fingerprint density at radius 1 is 0.733 bits per heavy atom. The maximum Gasteiger partial charge on any atom is 0.402 e. The molecule has 1 amide bonds. The van der Waals surface area contributed by atoms with Crippen LogP contribution in [0, 0.1) is 0 Å². The lowest BCUT2D eigenvalue weighted by Crippen LogP contribution is -2.48. The van der Waals surface area contributed by atoms with Gasteiger partial charge in [0.05, 0.1) is 0 Å². The Kier molecular flexibility index (Phi) is 4.22. The first-order valence-corrected chi connectivity index (χ1v) is 9.77. The highest BCUT2D eigenvalue weighted by Gasteiger charge is 2.18. The molecule has 30 heavy (non-hydrogen) atoms. The number of hydrogen-bond donors (Lipinski definition) is 4. The van der Waals surface area contributed by atoms with E-state index in [1.165, 1.54) is 51.2 Å². The van der Waals surface area contributed by atoms with Crippen LogP contribution in [0.1, 0.15) is 15.9 Å². The van der Waals surface area contributed by atoms with Crippen LogP contribution in [-0.2, 0) is 6.54 Å². The van der Waals surface area contributed by atoms with Crippen molar-refractivity contribution in [2.75, 3.05) is 0 Å². The molecule has 0 radical (unpaired) electrons. The zero-order valence-electron chi connectivity index (χ0n) is 16.0. The number of nitrogens with one attached hydrogen (secondary N) is 1. The van der Waals surface area contributed by atoms with Crippen LogP contribution in [0.25, 0.3) is 32.3 Å². The van der Waals surface area contributed by atoms with Crippen LogP contribution >= 0.6 is 0 Å². The van der Waals surface area contributed by atoms with Crippen LogP contribution in [0.5, 0.6) is 0 Å². The summed E-state index contributed by atoms with van der Waals surface area (Å²) in [7, 11) is 0. The maximum absolute atomic E-state index is 12.6. The normalized spacial score (nSPS) is 12.1. The van der Waals surface area contributed by atoms with Crippen LogP contribution < -0.4 is 10.8 Å². The van der Waals surface area contributed by atoms with Crippen LogP contribution in [0.4, 0.5) is 0 Å². The Morgan fingerprint density at radius 2 is 1.33 bits per heavy atom. The Hall–Kier alpha value is -3.45. The molecule has 0 saturated carbocycles. The van der Waals surface area contributed by atoms with Crippen molar-refractivity contribution in [2.24, 2.45) is 0 Å². The molecule has 0 aliphatic carbocycles. The van der Waals surface area contributed by atoms with Gasteiger partial charge in [0, 0.05) is 12.1 Å². The molecule has 0 spiro atoms. The first-order chi connectivity index (χ1) is 14.4. The van der Waals surface area contributed by atoms with Crippen molar-refractivity contribution in [1.29, 1.82) is 0 Å². The minimum atomic E-state index is -3.57. The first-order valence-electron chi connectivity index (χ1n) is 9.77. The second-order valence-electron chi connectivity index (χ2n) is 7.62. The maximum atomic E-state index is 12.6. The summed E-state index contributed by atoms with van der Waals surface area (Å²) in [4.78, 5) is 12.6. The van der Waals surface area contributed by atoms with E-state index in [-0.39, 0.29) is 11.4 Å². The van der Waals surface area contributed by atoms with E-state index in [9.17, 15) is 19.9 Å². The van der Waals surface area contributed by atoms with Crippen molar-refractivity contribution < 1.29 is 19.9 Å². The smallest absolute Gasteiger partial charge is 0.402 e. The van der Waals surface area contributed by atoms with Crippen molar-refractivity contribution in [1.82, 2.24) is 5.32 Å². The SMILES string of the molecule is O=C(NCc1ccc2ccc3cccc4ccc1c2c34)c1ccc([B-](O)(O)O)cc1. The van der Waals surface area contributed by atoms with Gasteiger partial charge in [-0.1, -0.05) is 78.9 Å². The Labute approximate surface area is 172 Å². The Bertz CT molecular complexity index is 1370. The van der Waals surface area contributed by atoms with Crippen LogP contribution in [0.2, 0.25) is 0 Å². The molecular formula is C24H19BNO4-. The molecule has 0 bridgehead atoms. The number of carbonyl (C=O) groups excluding carboxylic acids is 1. The third-order valence-corrected chi connectivity index (χ3v) is 5.68. The summed E-state index contributed by atoms with van der Waals surface area (Å²) >= 11 is 0. The van der Waals surface area contributed by atoms with Crippen molar-refractivity contribution in [3.8, 4) is 0 Å². The van der Waals surface area contributed by atoms with Gasteiger partial charge in [-0.15, -0.1) is 5.46 Å². The first kappa shape index (κ1) is 18.6. The minimum absolute atomic E-state index is 0.0432. The van der Waals surface area contributed by atoms with Gasteiger partial charge in [-0.3, -0.25) is 4.79 Å². The van der Waals surface area contributed by atoms with E-state index >= 15 is 0 Å². The number of amides is 1. The van der Waals surface area contributed by atoms with E-state index in [1.54, 1.807) is 0 Å². The molecule has 0 saturated heterocycles. The molecule has 4 N–H and O–H groups in total. The van der Waals surface area contributed by atoms with Crippen molar-refractivity contribution in [2.45, 2.75) is 6.54 Å². The summed E-state index contributed by atoms with van der Waals surface area (Å²) in [6.45, 7) is -3.20. The summed E-state index contributed by atoms with van der Waals surface area (Å²) in [6.07, 6.45) is 0. The quantitative estimate of drug-likeness (QED) is 0.278. The summed E-state index contributed by atoms with van der Waals surface area (Å²) in [5.74, 6) is -0.279. The highest BCUT2D eigenvalue weighted by Crippen LogP contribution is 2.35. The monoisotopic (exact) mass is 396 g/mol. The zero-order valence-corrected chi connectivity index (χ0v) is 16.0. The van der Waals surface area contributed by atoms with Gasteiger partial charge in [0.2, 0.25) is 0 Å². The summed E-state index contributed by atoms with van der Waals surface area (Å²) in [5.41, 5.74) is 1.35. The molecule has 0 fully saturated rings. The molecule has 6 heteroatoms. The third-order valence-electron chi connectivity index (χ3n) is 5.68. The fourth-order valence-corrected chi connectivity index (χ4v) is 4.12. The van der Waals surface area contributed by atoms with Crippen LogP contribution in [-0.4, -0.2) is 27.7 Å². The summed E-state index contributed by atoms with van der Waals surface area (Å²) in [5, 5.41) is 37.8. The van der Waals surface area contributed by atoms with Crippen molar-refractivity contribution >= 4 is 50.4 Å².